The molecule has 0 heterocycles. The van der Waals surface area contributed by atoms with Gasteiger partial charge in [0.05, 0.1) is 9.82 Å². The molecule has 2 aromatic rings. The van der Waals surface area contributed by atoms with E-state index in [0.717, 1.165) is 5.56 Å². The van der Waals surface area contributed by atoms with Crippen molar-refractivity contribution in [1.82, 2.24) is 4.72 Å². The lowest BCUT2D eigenvalue weighted by atomic mass is 10.2. The van der Waals surface area contributed by atoms with Crippen LogP contribution in [0.15, 0.2) is 53.4 Å². The largest absolute Gasteiger partial charge is 0.270 e. The summed E-state index contributed by atoms with van der Waals surface area (Å²) < 4.78 is 27.2. The van der Waals surface area contributed by atoms with Crippen molar-refractivity contribution in [3.8, 4) is 0 Å². The van der Waals surface area contributed by atoms with Gasteiger partial charge in [-0.1, -0.05) is 30.3 Å². The Morgan fingerprint density at radius 2 is 1.81 bits per heavy atom. The third-order valence-corrected chi connectivity index (χ3v) is 5.44. The summed E-state index contributed by atoms with van der Waals surface area (Å²) >= 11 is 1.78. The first-order valence-electron chi connectivity index (χ1n) is 5.88. The van der Waals surface area contributed by atoms with Crippen molar-refractivity contribution in [3.05, 3.63) is 67.8 Å². The molecule has 0 amide bonds. The van der Waals surface area contributed by atoms with Crippen molar-refractivity contribution in [3.63, 3.8) is 0 Å². The van der Waals surface area contributed by atoms with Gasteiger partial charge >= 0.3 is 0 Å². The molecule has 0 aliphatic carbocycles. The second kappa shape index (κ2) is 6.50. The van der Waals surface area contributed by atoms with Gasteiger partial charge in [-0.2, -0.15) is 0 Å². The summed E-state index contributed by atoms with van der Waals surface area (Å²) in [5.41, 5.74) is 0.694. The van der Waals surface area contributed by atoms with Crippen molar-refractivity contribution < 1.29 is 13.3 Å². The molecule has 2 aromatic carbocycles. The maximum Gasteiger partial charge on any atom is 0.270 e. The molecule has 0 aliphatic rings. The number of hydrogen-bond donors (Lipinski definition) is 1. The molecule has 0 fully saturated rings. The fraction of sp³-hybridized carbons (Fsp3) is 0.0769. The van der Waals surface area contributed by atoms with Crippen LogP contribution in [-0.2, 0) is 16.6 Å². The molecule has 6 nitrogen and oxygen atoms in total. The molecule has 110 valence electrons. The smallest absolute Gasteiger partial charge is 0.258 e. The predicted molar refractivity (Wildman–Crippen MR) is 86.3 cm³/mol. The number of sulfonamides is 1. The van der Waals surface area contributed by atoms with E-state index in [1.54, 1.807) is 22.6 Å². The van der Waals surface area contributed by atoms with Gasteiger partial charge in [-0.3, -0.25) is 10.1 Å². The van der Waals surface area contributed by atoms with Crippen LogP contribution in [-0.4, -0.2) is 13.3 Å². The van der Waals surface area contributed by atoms with Crippen LogP contribution in [0.4, 0.5) is 5.69 Å². The topological polar surface area (TPSA) is 89.3 Å². The van der Waals surface area contributed by atoms with Crippen molar-refractivity contribution in [2.45, 2.75) is 11.4 Å². The Bertz CT molecular complexity index is 763. The van der Waals surface area contributed by atoms with Crippen molar-refractivity contribution >= 4 is 38.3 Å². The molecule has 0 atom stereocenters. The Morgan fingerprint density at radius 3 is 2.38 bits per heavy atom. The number of nitrogens with one attached hydrogen (secondary N) is 1. The summed E-state index contributed by atoms with van der Waals surface area (Å²) in [4.78, 5) is 10.1. The Balaban J connectivity index is 2.22. The lowest BCUT2D eigenvalue weighted by molar-refractivity contribution is -0.385. The molecular formula is C13H11IN2O4S. The lowest BCUT2D eigenvalue weighted by Gasteiger charge is -2.08. The highest BCUT2D eigenvalue weighted by atomic mass is 127. The molecule has 0 aromatic heterocycles. The molecule has 0 spiro atoms. The van der Waals surface area contributed by atoms with Gasteiger partial charge in [-0.15, -0.1) is 0 Å². The number of halogens is 1. The zero-order valence-corrected chi connectivity index (χ0v) is 13.7. The zero-order valence-electron chi connectivity index (χ0n) is 10.7. The van der Waals surface area contributed by atoms with E-state index in [1.807, 2.05) is 30.3 Å². The number of non-ortho nitro benzene ring substituents is 1. The molecule has 0 radical (unpaired) electrons. The van der Waals surface area contributed by atoms with Gasteiger partial charge in [0, 0.05) is 22.2 Å². The summed E-state index contributed by atoms with van der Waals surface area (Å²) in [6, 6.07) is 12.8. The van der Waals surface area contributed by atoms with E-state index in [1.165, 1.54) is 18.2 Å². The number of benzene rings is 2. The van der Waals surface area contributed by atoms with Gasteiger partial charge in [-0.25, -0.2) is 13.1 Å². The molecule has 0 saturated carbocycles. The second-order valence-electron chi connectivity index (χ2n) is 4.18. The van der Waals surface area contributed by atoms with Crippen LogP contribution in [0.3, 0.4) is 0 Å². The first-order valence-corrected chi connectivity index (χ1v) is 8.44. The fourth-order valence-electron chi connectivity index (χ4n) is 1.67. The van der Waals surface area contributed by atoms with Crippen LogP contribution in [0.2, 0.25) is 0 Å². The lowest BCUT2D eigenvalue weighted by Crippen LogP contribution is -2.24. The van der Waals surface area contributed by atoms with Gasteiger partial charge in [-0.05, 0) is 34.2 Å². The molecule has 0 saturated heterocycles. The molecule has 0 bridgehead atoms. The van der Waals surface area contributed by atoms with E-state index < -0.39 is 14.9 Å². The van der Waals surface area contributed by atoms with Gasteiger partial charge < -0.3 is 0 Å². The molecule has 1 N–H and O–H groups in total. The average Bonchev–Trinajstić information content (AvgIpc) is 2.46. The summed E-state index contributed by atoms with van der Waals surface area (Å²) in [5.74, 6) is 0. The van der Waals surface area contributed by atoms with Crippen molar-refractivity contribution in [2.75, 3.05) is 0 Å². The minimum atomic E-state index is -3.71. The standard InChI is InChI=1S/C13H11IN2O4S/c14-12-8-11(16(17)18)6-7-13(12)21(19,20)15-9-10-4-2-1-3-5-10/h1-8,15H,9H2. The third kappa shape index (κ3) is 3.99. The Kier molecular flexibility index (Phi) is 4.91. The quantitative estimate of drug-likeness (QED) is 0.460. The number of nitro benzene ring substituents is 1. The van der Waals surface area contributed by atoms with E-state index in [-0.39, 0.29) is 17.1 Å². The maximum absolute atomic E-state index is 12.2. The SMILES string of the molecule is O=[N+]([O-])c1ccc(S(=O)(=O)NCc2ccccc2)c(I)c1. The van der Waals surface area contributed by atoms with E-state index >= 15 is 0 Å². The van der Waals surface area contributed by atoms with Crippen LogP contribution in [0, 0.1) is 13.7 Å². The minimum absolute atomic E-state index is 0.0321. The molecule has 0 unspecified atom stereocenters. The van der Waals surface area contributed by atoms with Crippen LogP contribution in [0.25, 0.3) is 0 Å². The fourth-order valence-corrected chi connectivity index (χ4v) is 4.12. The molecular weight excluding hydrogens is 407 g/mol. The van der Waals surface area contributed by atoms with Gasteiger partial charge in [0.25, 0.3) is 5.69 Å². The molecule has 21 heavy (non-hydrogen) atoms. The Morgan fingerprint density at radius 1 is 1.14 bits per heavy atom. The normalized spacial score (nSPS) is 11.3. The van der Waals surface area contributed by atoms with Crippen molar-refractivity contribution in [2.24, 2.45) is 0 Å². The number of nitro groups is 1. The minimum Gasteiger partial charge on any atom is -0.258 e. The highest BCUT2D eigenvalue weighted by Crippen LogP contribution is 2.23. The number of hydrogen-bond acceptors (Lipinski definition) is 4. The van der Waals surface area contributed by atoms with Crippen molar-refractivity contribution in [1.29, 1.82) is 0 Å². The first-order chi connectivity index (χ1) is 9.90. The van der Waals surface area contributed by atoms with Crippen LogP contribution in [0.5, 0.6) is 0 Å². The van der Waals surface area contributed by atoms with E-state index in [2.05, 4.69) is 4.72 Å². The van der Waals surface area contributed by atoms with E-state index in [4.69, 9.17) is 0 Å². The van der Waals surface area contributed by atoms with Gasteiger partial charge in [0.1, 0.15) is 0 Å². The van der Waals surface area contributed by atoms with Gasteiger partial charge in [0.15, 0.2) is 0 Å². The van der Waals surface area contributed by atoms with Crippen LogP contribution < -0.4 is 4.72 Å². The first kappa shape index (κ1) is 15.9. The summed E-state index contributed by atoms with van der Waals surface area (Å²) in [6.07, 6.45) is 0. The Hall–Kier alpha value is -1.52. The summed E-state index contributed by atoms with van der Waals surface area (Å²) in [6.45, 7) is 0.163. The van der Waals surface area contributed by atoms with Crippen LogP contribution in [0.1, 0.15) is 5.56 Å². The zero-order chi connectivity index (χ0) is 15.5. The summed E-state index contributed by atoms with van der Waals surface area (Å²) in [5, 5.41) is 10.7. The van der Waals surface area contributed by atoms with E-state index in [9.17, 15) is 18.5 Å². The predicted octanol–water partition coefficient (Wildman–Crippen LogP) is 2.68. The average molecular weight is 418 g/mol. The molecule has 8 heteroatoms. The molecule has 2 rings (SSSR count). The van der Waals surface area contributed by atoms with E-state index in [0.29, 0.717) is 3.57 Å². The monoisotopic (exact) mass is 418 g/mol. The third-order valence-electron chi connectivity index (χ3n) is 2.72. The maximum atomic E-state index is 12.2. The second-order valence-corrected chi connectivity index (χ2v) is 7.08. The highest BCUT2D eigenvalue weighted by Gasteiger charge is 2.19. The van der Waals surface area contributed by atoms with Gasteiger partial charge in [0.2, 0.25) is 10.0 Å². The number of rotatable bonds is 5. The summed E-state index contributed by atoms with van der Waals surface area (Å²) in [7, 11) is -3.71. The van der Waals surface area contributed by atoms with Crippen LogP contribution >= 0.6 is 22.6 Å². The number of nitrogens with zero attached hydrogens (tertiary/aromatic N) is 1. The molecule has 0 aliphatic heterocycles. The Labute approximate surface area is 135 Å². The highest BCUT2D eigenvalue weighted by molar-refractivity contribution is 14.1.